The van der Waals surface area contributed by atoms with Gasteiger partial charge in [0.1, 0.15) is 0 Å². The molecule has 110 valence electrons. The minimum absolute atomic E-state index is 0.154. The molecule has 22 heavy (non-hydrogen) atoms. The Bertz CT molecular complexity index is 864. The Hall–Kier alpha value is -2.69. The number of ketones is 1. The maximum absolute atomic E-state index is 11.4. The third kappa shape index (κ3) is 2.24. The molecule has 0 aliphatic heterocycles. The number of aromatic nitrogens is 2. The second-order valence-electron chi connectivity index (χ2n) is 5.74. The van der Waals surface area contributed by atoms with Crippen molar-refractivity contribution in [1.82, 2.24) is 10.2 Å². The molecule has 0 unspecified atom stereocenters. The third-order valence-electron chi connectivity index (χ3n) is 4.19. The average molecular weight is 293 g/mol. The largest absolute Gasteiger partial charge is 0.359 e. The lowest BCUT2D eigenvalue weighted by Gasteiger charge is -2.19. The van der Waals surface area contributed by atoms with Gasteiger partial charge in [0.15, 0.2) is 5.78 Å². The Labute approximate surface area is 127 Å². The van der Waals surface area contributed by atoms with Crippen molar-refractivity contribution in [2.45, 2.75) is 25.7 Å². The first-order chi connectivity index (χ1) is 10.7. The molecule has 0 atom stereocenters. The molecule has 0 saturated carbocycles. The summed E-state index contributed by atoms with van der Waals surface area (Å²) in [4.78, 5) is 22.7. The van der Waals surface area contributed by atoms with Gasteiger partial charge in [-0.25, -0.2) is 5.10 Å². The maximum atomic E-state index is 11.4. The molecule has 0 saturated heterocycles. The molecule has 0 bridgehead atoms. The number of nitrogens with zero attached hydrogens (tertiary/aromatic N) is 1. The van der Waals surface area contributed by atoms with Gasteiger partial charge in [-0.05, 0) is 42.5 Å². The van der Waals surface area contributed by atoms with E-state index in [0.717, 1.165) is 47.5 Å². The van der Waals surface area contributed by atoms with Crippen LogP contribution in [0, 0.1) is 0 Å². The number of hydrogen-bond donors (Lipinski definition) is 2. The number of hydrogen-bond acceptors (Lipinski definition) is 4. The summed E-state index contributed by atoms with van der Waals surface area (Å²) in [5.41, 5.74) is 5.96. The van der Waals surface area contributed by atoms with E-state index in [4.69, 9.17) is 0 Å². The second kappa shape index (κ2) is 4.94. The standard InChI is InChI=1S/C17H15N3O2/c21-14-5-3-13(9-14)18-12-4-6-15-10(7-12)1-2-11-8-16(22)19-20-17(11)15/h4,6-9,18H,1-3,5H2,(H,19,22). The number of allylic oxidation sites excluding steroid dienone is 2. The molecular formula is C17H15N3O2. The van der Waals surface area contributed by atoms with Crippen molar-refractivity contribution in [2.75, 3.05) is 5.32 Å². The van der Waals surface area contributed by atoms with E-state index in [0.29, 0.717) is 6.42 Å². The first-order valence-corrected chi connectivity index (χ1v) is 7.41. The highest BCUT2D eigenvalue weighted by molar-refractivity contribution is 5.93. The van der Waals surface area contributed by atoms with Crippen LogP contribution in [-0.2, 0) is 17.6 Å². The molecule has 0 amide bonds. The lowest BCUT2D eigenvalue weighted by Crippen LogP contribution is -2.14. The Kier molecular flexibility index (Phi) is 2.92. The average Bonchev–Trinajstić information content (AvgIpc) is 2.91. The predicted molar refractivity (Wildman–Crippen MR) is 83.6 cm³/mol. The molecular weight excluding hydrogens is 278 g/mol. The summed E-state index contributed by atoms with van der Waals surface area (Å²) in [5.74, 6) is 0.183. The minimum atomic E-state index is -0.154. The molecule has 0 spiro atoms. The summed E-state index contributed by atoms with van der Waals surface area (Å²) in [6.07, 6.45) is 4.77. The van der Waals surface area contributed by atoms with Crippen LogP contribution in [0.3, 0.4) is 0 Å². The van der Waals surface area contributed by atoms with E-state index in [1.807, 2.05) is 12.1 Å². The third-order valence-corrected chi connectivity index (χ3v) is 4.19. The van der Waals surface area contributed by atoms with Crippen LogP contribution in [0.4, 0.5) is 5.69 Å². The monoisotopic (exact) mass is 293 g/mol. The van der Waals surface area contributed by atoms with E-state index in [1.165, 1.54) is 5.56 Å². The van der Waals surface area contributed by atoms with Gasteiger partial charge < -0.3 is 5.32 Å². The normalized spacial score (nSPS) is 16.0. The zero-order chi connectivity index (χ0) is 15.1. The van der Waals surface area contributed by atoms with Gasteiger partial charge in [-0.1, -0.05) is 6.07 Å². The Morgan fingerprint density at radius 2 is 1.86 bits per heavy atom. The molecule has 1 heterocycles. The van der Waals surface area contributed by atoms with Crippen LogP contribution >= 0.6 is 0 Å². The van der Waals surface area contributed by atoms with E-state index in [-0.39, 0.29) is 11.3 Å². The summed E-state index contributed by atoms with van der Waals surface area (Å²) in [7, 11) is 0. The number of carbonyl (C=O) groups excluding carboxylic acids is 1. The number of carbonyl (C=O) groups is 1. The van der Waals surface area contributed by atoms with Crippen LogP contribution in [-0.4, -0.2) is 16.0 Å². The van der Waals surface area contributed by atoms with Gasteiger partial charge in [0.05, 0.1) is 5.69 Å². The van der Waals surface area contributed by atoms with Gasteiger partial charge in [-0.2, -0.15) is 5.10 Å². The van der Waals surface area contributed by atoms with E-state index in [2.05, 4.69) is 21.6 Å². The highest BCUT2D eigenvalue weighted by Gasteiger charge is 2.19. The van der Waals surface area contributed by atoms with Crippen molar-refractivity contribution >= 4 is 11.5 Å². The maximum Gasteiger partial charge on any atom is 0.264 e. The summed E-state index contributed by atoms with van der Waals surface area (Å²) in [6, 6.07) is 7.75. The Morgan fingerprint density at radius 3 is 2.68 bits per heavy atom. The molecule has 5 nitrogen and oxygen atoms in total. The second-order valence-corrected chi connectivity index (χ2v) is 5.74. The fourth-order valence-electron chi connectivity index (χ4n) is 3.12. The summed E-state index contributed by atoms with van der Waals surface area (Å²) in [5, 5.41) is 10.0. The fourth-order valence-corrected chi connectivity index (χ4v) is 3.12. The van der Waals surface area contributed by atoms with Gasteiger partial charge in [-0.3, -0.25) is 9.59 Å². The predicted octanol–water partition coefficient (Wildman–Crippen LogP) is 2.19. The van der Waals surface area contributed by atoms with E-state index in [9.17, 15) is 9.59 Å². The van der Waals surface area contributed by atoms with Gasteiger partial charge in [-0.15, -0.1) is 0 Å². The lowest BCUT2D eigenvalue weighted by molar-refractivity contribution is -0.114. The number of H-pyrrole nitrogens is 1. The topological polar surface area (TPSA) is 74.8 Å². The van der Waals surface area contributed by atoms with Crippen LogP contribution < -0.4 is 10.9 Å². The zero-order valence-electron chi connectivity index (χ0n) is 12.0. The van der Waals surface area contributed by atoms with Crippen molar-refractivity contribution in [1.29, 1.82) is 0 Å². The minimum Gasteiger partial charge on any atom is -0.359 e. The van der Waals surface area contributed by atoms with Crippen molar-refractivity contribution in [3.63, 3.8) is 0 Å². The van der Waals surface area contributed by atoms with Crippen LogP contribution in [0.1, 0.15) is 24.0 Å². The SMILES string of the molecule is O=C1C=C(Nc2ccc3c(c2)CCc2cc(=O)[nH]nc2-3)CC1. The Morgan fingerprint density at radius 1 is 1.00 bits per heavy atom. The van der Waals surface area contributed by atoms with Gasteiger partial charge in [0.25, 0.3) is 5.56 Å². The molecule has 2 N–H and O–H groups in total. The van der Waals surface area contributed by atoms with Gasteiger partial charge in [0, 0.05) is 35.5 Å². The molecule has 0 radical (unpaired) electrons. The molecule has 5 heteroatoms. The summed E-state index contributed by atoms with van der Waals surface area (Å²) < 4.78 is 0. The van der Waals surface area contributed by atoms with Gasteiger partial charge in [0.2, 0.25) is 0 Å². The first kappa shape index (κ1) is 13.0. The Balaban J connectivity index is 1.68. The molecule has 1 aromatic heterocycles. The lowest BCUT2D eigenvalue weighted by atomic mass is 9.89. The molecule has 2 aliphatic carbocycles. The smallest absolute Gasteiger partial charge is 0.264 e. The van der Waals surface area contributed by atoms with E-state index in [1.54, 1.807) is 12.1 Å². The van der Waals surface area contributed by atoms with E-state index >= 15 is 0 Å². The number of nitrogens with one attached hydrogen (secondary N) is 2. The molecule has 4 rings (SSSR count). The number of rotatable bonds is 2. The number of anilines is 1. The molecule has 0 fully saturated rings. The highest BCUT2D eigenvalue weighted by atomic mass is 16.1. The van der Waals surface area contributed by atoms with Crippen LogP contribution in [0.5, 0.6) is 0 Å². The molecule has 2 aliphatic rings. The van der Waals surface area contributed by atoms with Crippen molar-refractivity contribution in [2.24, 2.45) is 0 Å². The number of benzene rings is 1. The van der Waals surface area contributed by atoms with E-state index < -0.39 is 0 Å². The quantitative estimate of drug-likeness (QED) is 0.890. The first-order valence-electron chi connectivity index (χ1n) is 7.41. The van der Waals surface area contributed by atoms with Gasteiger partial charge >= 0.3 is 0 Å². The summed E-state index contributed by atoms with van der Waals surface area (Å²) in [6.45, 7) is 0. The molecule has 2 aromatic rings. The molecule has 1 aromatic carbocycles. The number of aryl methyl sites for hydroxylation is 2. The number of fused-ring (bicyclic) bond motifs is 3. The van der Waals surface area contributed by atoms with Crippen LogP contribution in [0.15, 0.2) is 40.8 Å². The fraction of sp³-hybridized carbons (Fsp3) is 0.235. The van der Waals surface area contributed by atoms with Crippen molar-refractivity contribution < 1.29 is 4.79 Å². The summed E-state index contributed by atoms with van der Waals surface area (Å²) >= 11 is 0. The van der Waals surface area contributed by atoms with Crippen LogP contribution in [0.25, 0.3) is 11.3 Å². The zero-order valence-corrected chi connectivity index (χ0v) is 12.0. The van der Waals surface area contributed by atoms with Crippen molar-refractivity contribution in [3.8, 4) is 11.3 Å². The highest BCUT2D eigenvalue weighted by Crippen LogP contribution is 2.33. The number of aromatic amines is 1. The van der Waals surface area contributed by atoms with Crippen molar-refractivity contribution in [3.05, 3.63) is 57.5 Å². The van der Waals surface area contributed by atoms with Crippen LogP contribution in [0.2, 0.25) is 0 Å².